The highest BCUT2D eigenvalue weighted by Crippen LogP contribution is 2.14. The molecule has 6 nitrogen and oxygen atoms in total. The number of nitrogen functional groups attached to an aromatic ring is 2. The number of nitrogens with one attached hydrogen (secondary N) is 2. The van der Waals surface area contributed by atoms with Crippen LogP contribution in [0.5, 0.6) is 0 Å². The van der Waals surface area contributed by atoms with E-state index in [0.717, 1.165) is 5.56 Å². The number of H-pyrrole nitrogens is 1. The molecule has 0 saturated carbocycles. The van der Waals surface area contributed by atoms with Crippen LogP contribution in [0.3, 0.4) is 0 Å². The average molecular weight is 204 g/mol. The van der Waals surface area contributed by atoms with Crippen LogP contribution in [0, 0.1) is 0 Å². The first kappa shape index (κ1) is 9.32. The van der Waals surface area contributed by atoms with E-state index in [1.807, 2.05) is 6.20 Å². The maximum absolute atomic E-state index is 5.57. The van der Waals surface area contributed by atoms with E-state index in [2.05, 4.69) is 20.5 Å². The molecule has 0 spiro atoms. The molecule has 2 rings (SSSR count). The Kier molecular flexibility index (Phi) is 2.40. The third-order valence-electron chi connectivity index (χ3n) is 1.99. The standard InChI is InChI=1S/C9H12N6/c10-7-1-2-8(15-9(7)11)12-3-6-4-13-14-5-6/h1-2,4-5H,3,10H2,(H,13,14)(H3,11,12,15). The van der Waals surface area contributed by atoms with E-state index >= 15 is 0 Å². The van der Waals surface area contributed by atoms with Crippen LogP contribution in [0.25, 0.3) is 0 Å². The number of nitrogens with two attached hydrogens (primary N) is 2. The minimum absolute atomic E-state index is 0.340. The first-order valence-corrected chi connectivity index (χ1v) is 4.49. The van der Waals surface area contributed by atoms with Crippen LogP contribution in [-0.2, 0) is 6.54 Å². The average Bonchev–Trinajstić information content (AvgIpc) is 2.73. The van der Waals surface area contributed by atoms with Gasteiger partial charge in [-0.1, -0.05) is 0 Å². The Morgan fingerprint density at radius 2 is 2.20 bits per heavy atom. The van der Waals surface area contributed by atoms with Gasteiger partial charge in [-0.25, -0.2) is 4.98 Å². The zero-order valence-corrected chi connectivity index (χ0v) is 8.07. The van der Waals surface area contributed by atoms with Gasteiger partial charge in [0.25, 0.3) is 0 Å². The van der Waals surface area contributed by atoms with E-state index in [4.69, 9.17) is 11.5 Å². The smallest absolute Gasteiger partial charge is 0.149 e. The minimum atomic E-state index is 0.340. The van der Waals surface area contributed by atoms with Crippen molar-refractivity contribution in [3.05, 3.63) is 30.1 Å². The van der Waals surface area contributed by atoms with Gasteiger partial charge in [0.2, 0.25) is 0 Å². The molecule has 2 aromatic rings. The number of aromatic amines is 1. The number of pyridine rings is 1. The van der Waals surface area contributed by atoms with E-state index in [9.17, 15) is 0 Å². The highest BCUT2D eigenvalue weighted by molar-refractivity contribution is 5.61. The topological polar surface area (TPSA) is 106 Å². The summed E-state index contributed by atoms with van der Waals surface area (Å²) in [4.78, 5) is 4.08. The fourth-order valence-electron chi connectivity index (χ4n) is 1.15. The van der Waals surface area contributed by atoms with Gasteiger partial charge in [0.05, 0.1) is 11.9 Å². The largest absolute Gasteiger partial charge is 0.396 e. The summed E-state index contributed by atoms with van der Waals surface area (Å²) in [5, 5.41) is 9.68. The summed E-state index contributed by atoms with van der Waals surface area (Å²) in [6.45, 7) is 0.646. The van der Waals surface area contributed by atoms with E-state index in [1.165, 1.54) is 0 Å². The van der Waals surface area contributed by atoms with Crippen molar-refractivity contribution in [3.63, 3.8) is 0 Å². The number of aromatic nitrogens is 3. The number of anilines is 3. The second kappa shape index (κ2) is 3.87. The SMILES string of the molecule is Nc1ccc(NCc2cn[nH]c2)nc1N. The van der Waals surface area contributed by atoms with E-state index in [0.29, 0.717) is 23.9 Å². The van der Waals surface area contributed by atoms with Crippen molar-refractivity contribution < 1.29 is 0 Å². The molecular weight excluding hydrogens is 192 g/mol. The van der Waals surface area contributed by atoms with E-state index in [-0.39, 0.29) is 0 Å². The summed E-state index contributed by atoms with van der Waals surface area (Å²) < 4.78 is 0. The summed E-state index contributed by atoms with van der Waals surface area (Å²) in [6.07, 6.45) is 3.56. The number of hydrogen-bond acceptors (Lipinski definition) is 5. The van der Waals surface area contributed by atoms with E-state index < -0.39 is 0 Å². The summed E-state index contributed by atoms with van der Waals surface area (Å²) in [5.74, 6) is 1.04. The van der Waals surface area contributed by atoms with Crippen LogP contribution >= 0.6 is 0 Å². The molecule has 15 heavy (non-hydrogen) atoms. The Morgan fingerprint density at radius 3 is 2.87 bits per heavy atom. The van der Waals surface area contributed by atoms with Gasteiger partial charge in [-0.2, -0.15) is 5.10 Å². The third-order valence-corrected chi connectivity index (χ3v) is 1.99. The van der Waals surface area contributed by atoms with Gasteiger partial charge in [-0.3, -0.25) is 5.10 Å². The number of hydrogen-bond donors (Lipinski definition) is 4. The molecule has 0 aliphatic rings. The lowest BCUT2D eigenvalue weighted by Gasteiger charge is -2.05. The predicted octanol–water partition coefficient (Wildman–Crippen LogP) is 0.581. The van der Waals surface area contributed by atoms with Crippen molar-refractivity contribution in [2.75, 3.05) is 16.8 Å². The maximum Gasteiger partial charge on any atom is 0.149 e. The molecule has 0 bridgehead atoms. The van der Waals surface area contributed by atoms with Crippen LogP contribution in [0.1, 0.15) is 5.56 Å². The van der Waals surface area contributed by atoms with Gasteiger partial charge < -0.3 is 16.8 Å². The molecule has 0 saturated heterocycles. The van der Waals surface area contributed by atoms with Gasteiger partial charge in [0.1, 0.15) is 11.6 Å². The molecule has 0 amide bonds. The van der Waals surface area contributed by atoms with Gasteiger partial charge in [-0.05, 0) is 12.1 Å². The maximum atomic E-state index is 5.57. The highest BCUT2D eigenvalue weighted by atomic mass is 15.1. The van der Waals surface area contributed by atoms with Gasteiger partial charge >= 0.3 is 0 Å². The van der Waals surface area contributed by atoms with Gasteiger partial charge in [-0.15, -0.1) is 0 Å². The van der Waals surface area contributed by atoms with Gasteiger partial charge in [0.15, 0.2) is 0 Å². The zero-order chi connectivity index (χ0) is 10.7. The van der Waals surface area contributed by atoms with E-state index in [1.54, 1.807) is 18.3 Å². The second-order valence-electron chi connectivity index (χ2n) is 3.13. The molecule has 6 N–H and O–H groups in total. The third kappa shape index (κ3) is 2.16. The first-order valence-electron chi connectivity index (χ1n) is 4.49. The summed E-state index contributed by atoms with van der Waals surface area (Å²) in [5.41, 5.74) is 12.7. The summed E-state index contributed by atoms with van der Waals surface area (Å²) in [6, 6.07) is 3.51. The molecule has 0 aromatic carbocycles. The predicted molar refractivity (Wildman–Crippen MR) is 59.0 cm³/mol. The number of nitrogens with zero attached hydrogens (tertiary/aromatic N) is 2. The fraction of sp³-hybridized carbons (Fsp3) is 0.111. The molecule has 2 aromatic heterocycles. The Labute approximate surface area is 86.7 Å². The Hall–Kier alpha value is -2.24. The Balaban J connectivity index is 2.02. The molecule has 0 atom stereocenters. The van der Waals surface area contributed by atoms with Crippen molar-refractivity contribution in [2.45, 2.75) is 6.54 Å². The molecule has 6 heteroatoms. The molecule has 2 heterocycles. The Bertz CT molecular complexity index is 436. The summed E-state index contributed by atoms with van der Waals surface area (Å²) in [7, 11) is 0. The van der Waals surface area contributed by atoms with Crippen LogP contribution in [0.4, 0.5) is 17.3 Å². The quantitative estimate of drug-likeness (QED) is 0.585. The molecule has 0 radical (unpaired) electrons. The van der Waals surface area contributed by atoms with Crippen LogP contribution in [-0.4, -0.2) is 15.2 Å². The molecule has 0 aliphatic heterocycles. The number of rotatable bonds is 3. The molecule has 78 valence electrons. The molecular formula is C9H12N6. The van der Waals surface area contributed by atoms with Gasteiger partial charge in [0, 0.05) is 18.3 Å². The van der Waals surface area contributed by atoms with Crippen molar-refractivity contribution in [1.82, 2.24) is 15.2 Å². The lowest BCUT2D eigenvalue weighted by molar-refractivity contribution is 1.09. The minimum Gasteiger partial charge on any atom is -0.396 e. The molecule has 0 aliphatic carbocycles. The lowest BCUT2D eigenvalue weighted by atomic mass is 10.3. The normalized spacial score (nSPS) is 10.1. The lowest BCUT2D eigenvalue weighted by Crippen LogP contribution is -2.04. The zero-order valence-electron chi connectivity index (χ0n) is 8.07. The highest BCUT2D eigenvalue weighted by Gasteiger charge is 1.99. The fourth-order valence-corrected chi connectivity index (χ4v) is 1.15. The molecule has 0 fully saturated rings. The van der Waals surface area contributed by atoms with Crippen molar-refractivity contribution >= 4 is 17.3 Å². The summed E-state index contributed by atoms with van der Waals surface area (Å²) >= 11 is 0. The second-order valence-corrected chi connectivity index (χ2v) is 3.13. The van der Waals surface area contributed by atoms with Crippen LogP contribution < -0.4 is 16.8 Å². The van der Waals surface area contributed by atoms with Crippen LogP contribution in [0.15, 0.2) is 24.5 Å². The van der Waals surface area contributed by atoms with Crippen molar-refractivity contribution in [3.8, 4) is 0 Å². The van der Waals surface area contributed by atoms with Crippen molar-refractivity contribution in [1.29, 1.82) is 0 Å². The monoisotopic (exact) mass is 204 g/mol. The van der Waals surface area contributed by atoms with Crippen LogP contribution in [0.2, 0.25) is 0 Å². The Morgan fingerprint density at radius 1 is 1.33 bits per heavy atom. The van der Waals surface area contributed by atoms with Crippen molar-refractivity contribution in [2.24, 2.45) is 0 Å². The molecule has 0 unspecified atom stereocenters. The first-order chi connectivity index (χ1) is 7.25.